The summed E-state index contributed by atoms with van der Waals surface area (Å²) in [6, 6.07) is 3.62. The molecule has 2 heterocycles. The van der Waals surface area contributed by atoms with Gasteiger partial charge >= 0.3 is 11.3 Å². The maximum Gasteiger partial charge on any atom is 0.335 e. The van der Waals surface area contributed by atoms with E-state index in [0.29, 0.717) is 24.3 Å². The van der Waals surface area contributed by atoms with Gasteiger partial charge in [0.15, 0.2) is 0 Å². The molecule has 4 saturated carbocycles. The Balaban J connectivity index is 1.24. The first-order chi connectivity index (χ1) is 17.2. The van der Waals surface area contributed by atoms with Gasteiger partial charge in [0.25, 0.3) is 0 Å². The van der Waals surface area contributed by atoms with Gasteiger partial charge in [0.1, 0.15) is 0 Å². The molecule has 0 spiro atoms. The second kappa shape index (κ2) is 8.45. The molecule has 4 aliphatic rings. The smallest absolute Gasteiger partial charge is 0.335 e. The Morgan fingerprint density at radius 2 is 1.83 bits per heavy atom. The molecule has 0 aromatic carbocycles. The Hall–Kier alpha value is -2.12. The molecule has 4 aliphatic carbocycles. The van der Waals surface area contributed by atoms with Gasteiger partial charge in [-0.2, -0.15) is 0 Å². The van der Waals surface area contributed by atoms with Crippen molar-refractivity contribution < 1.29 is 14.6 Å². The fourth-order valence-electron chi connectivity index (χ4n) is 9.54. The van der Waals surface area contributed by atoms with Gasteiger partial charge < -0.3 is 14.6 Å². The van der Waals surface area contributed by atoms with E-state index in [1.54, 1.807) is 17.0 Å². The van der Waals surface area contributed by atoms with Crippen molar-refractivity contribution in [2.75, 3.05) is 6.61 Å². The maximum atomic E-state index is 12.9. The van der Waals surface area contributed by atoms with Crippen molar-refractivity contribution in [3.63, 3.8) is 0 Å². The van der Waals surface area contributed by atoms with E-state index in [2.05, 4.69) is 13.8 Å². The molecule has 36 heavy (non-hydrogen) atoms. The van der Waals surface area contributed by atoms with Crippen LogP contribution in [-0.2, 0) is 6.54 Å². The SMILES string of the molecule is C[C@]12CC[C@H](n3ccn(CCO)c3=O)C[C@H]1CC[C@@H]1[C@@H]2CC[C@]2(C)[C@@H](c3ccc(=O)oc3)CC[C@]12O. The van der Waals surface area contributed by atoms with E-state index in [4.69, 9.17) is 4.42 Å². The van der Waals surface area contributed by atoms with E-state index in [1.165, 1.54) is 6.07 Å². The average molecular weight is 497 g/mol. The molecular formula is C29H40N2O5. The molecule has 0 radical (unpaired) electrons. The van der Waals surface area contributed by atoms with Crippen molar-refractivity contribution in [3.05, 3.63) is 57.3 Å². The molecule has 4 fully saturated rings. The number of aliphatic hydroxyl groups is 2. The number of aromatic nitrogens is 2. The number of hydrogen-bond acceptors (Lipinski definition) is 5. The van der Waals surface area contributed by atoms with Crippen molar-refractivity contribution in [2.45, 2.75) is 95.7 Å². The Morgan fingerprint density at radius 1 is 1.00 bits per heavy atom. The van der Waals surface area contributed by atoms with Crippen LogP contribution in [0.4, 0.5) is 0 Å². The van der Waals surface area contributed by atoms with Gasteiger partial charge in [0.05, 0.1) is 25.0 Å². The zero-order chi connectivity index (χ0) is 25.3. The Bertz CT molecular complexity index is 1230. The predicted octanol–water partition coefficient (Wildman–Crippen LogP) is 4.08. The van der Waals surface area contributed by atoms with Crippen LogP contribution in [0.1, 0.15) is 89.2 Å². The zero-order valence-electron chi connectivity index (χ0n) is 21.6. The summed E-state index contributed by atoms with van der Waals surface area (Å²) in [4.78, 5) is 24.4. The van der Waals surface area contributed by atoms with Crippen molar-refractivity contribution in [1.29, 1.82) is 0 Å². The summed E-state index contributed by atoms with van der Waals surface area (Å²) in [5.41, 5.74) is -0.00813. The monoisotopic (exact) mass is 496 g/mol. The van der Waals surface area contributed by atoms with E-state index in [0.717, 1.165) is 63.4 Å². The van der Waals surface area contributed by atoms with E-state index < -0.39 is 5.60 Å². The molecule has 0 aliphatic heterocycles. The summed E-state index contributed by atoms with van der Waals surface area (Å²) in [6.07, 6.45) is 14.4. The Kier molecular flexibility index (Phi) is 5.69. The van der Waals surface area contributed by atoms with E-state index >= 15 is 0 Å². The fraction of sp³-hybridized carbons (Fsp3) is 0.724. The summed E-state index contributed by atoms with van der Waals surface area (Å²) >= 11 is 0. The lowest BCUT2D eigenvalue weighted by Gasteiger charge is -2.63. The largest absolute Gasteiger partial charge is 0.431 e. The molecule has 7 heteroatoms. The second-order valence-corrected chi connectivity index (χ2v) is 12.7. The molecule has 8 atom stereocenters. The van der Waals surface area contributed by atoms with Crippen molar-refractivity contribution in [3.8, 4) is 0 Å². The highest BCUT2D eigenvalue weighted by Crippen LogP contribution is 2.70. The standard InChI is InChI=1S/C29H40N2O5/c1-27-10-7-21(31-14-13-30(15-16-32)26(31)34)17-20(27)4-5-24-23(27)8-11-28(2)22(9-12-29(24,28)35)19-3-6-25(33)36-18-19/h3,6,13-14,18,20-24,32,35H,4-5,7-12,15-17H2,1-2H3/t20-,21+,22-,23+,24-,27+,28-,29+/m1/s1. The van der Waals surface area contributed by atoms with Crippen molar-refractivity contribution in [1.82, 2.24) is 9.13 Å². The highest BCUT2D eigenvalue weighted by molar-refractivity contribution is 5.27. The molecule has 2 aromatic rings. The molecule has 0 saturated heterocycles. The summed E-state index contributed by atoms with van der Waals surface area (Å²) in [6.45, 7) is 5.06. The van der Waals surface area contributed by atoms with Gasteiger partial charge in [-0.25, -0.2) is 9.59 Å². The van der Waals surface area contributed by atoms with Crippen LogP contribution >= 0.6 is 0 Å². The fourth-order valence-corrected chi connectivity index (χ4v) is 9.54. The molecule has 196 valence electrons. The van der Waals surface area contributed by atoms with Crippen LogP contribution in [0.5, 0.6) is 0 Å². The summed E-state index contributed by atoms with van der Waals surface area (Å²) in [5.74, 6) is 1.56. The minimum atomic E-state index is -0.694. The zero-order valence-corrected chi connectivity index (χ0v) is 21.6. The Morgan fingerprint density at radius 3 is 2.58 bits per heavy atom. The minimum Gasteiger partial charge on any atom is -0.431 e. The molecule has 6 rings (SSSR count). The summed E-state index contributed by atoms with van der Waals surface area (Å²) in [5, 5.41) is 21.7. The van der Waals surface area contributed by atoms with Crippen LogP contribution in [0.15, 0.2) is 44.8 Å². The van der Waals surface area contributed by atoms with Crippen LogP contribution in [0.3, 0.4) is 0 Å². The highest BCUT2D eigenvalue weighted by Gasteiger charge is 2.67. The van der Waals surface area contributed by atoms with E-state index in [1.807, 2.05) is 16.8 Å². The van der Waals surface area contributed by atoms with Crippen LogP contribution < -0.4 is 11.3 Å². The predicted molar refractivity (Wildman–Crippen MR) is 136 cm³/mol. The number of rotatable bonds is 4. The van der Waals surface area contributed by atoms with E-state index in [9.17, 15) is 19.8 Å². The lowest BCUT2D eigenvalue weighted by atomic mass is 9.43. The third-order valence-electron chi connectivity index (χ3n) is 11.6. The van der Waals surface area contributed by atoms with Crippen LogP contribution in [0, 0.1) is 28.6 Å². The number of fused-ring (bicyclic) bond motifs is 5. The van der Waals surface area contributed by atoms with Crippen LogP contribution in [0.25, 0.3) is 0 Å². The minimum absolute atomic E-state index is 0.0113. The number of imidazole rings is 1. The van der Waals surface area contributed by atoms with Crippen molar-refractivity contribution in [2.24, 2.45) is 28.6 Å². The normalized spacial score (nSPS) is 41.9. The number of aliphatic hydroxyl groups excluding tert-OH is 1. The highest BCUT2D eigenvalue weighted by atomic mass is 16.4. The third-order valence-corrected chi connectivity index (χ3v) is 11.6. The van der Waals surface area contributed by atoms with Gasteiger partial charge in [-0.05, 0) is 98.5 Å². The number of hydrogen-bond donors (Lipinski definition) is 2. The molecule has 0 bridgehead atoms. The first-order valence-corrected chi connectivity index (χ1v) is 13.9. The first-order valence-electron chi connectivity index (χ1n) is 13.9. The lowest BCUT2D eigenvalue weighted by molar-refractivity contribution is -0.202. The molecular weight excluding hydrogens is 456 g/mol. The van der Waals surface area contributed by atoms with Gasteiger partial charge in [-0.1, -0.05) is 13.8 Å². The number of nitrogens with zero attached hydrogens (tertiary/aromatic N) is 2. The molecule has 0 amide bonds. The summed E-state index contributed by atoms with van der Waals surface area (Å²) in [7, 11) is 0. The van der Waals surface area contributed by atoms with Crippen LogP contribution in [-0.4, -0.2) is 31.6 Å². The molecule has 0 unspecified atom stereocenters. The quantitative estimate of drug-likeness (QED) is 0.665. The lowest BCUT2D eigenvalue weighted by Crippen LogP contribution is -2.61. The maximum absolute atomic E-state index is 12.9. The molecule has 2 aromatic heterocycles. The van der Waals surface area contributed by atoms with Gasteiger partial charge in [-0.15, -0.1) is 0 Å². The van der Waals surface area contributed by atoms with Gasteiger partial charge in [0, 0.05) is 29.9 Å². The Labute approximate surface area is 212 Å². The first kappa shape index (κ1) is 24.2. The van der Waals surface area contributed by atoms with E-state index in [-0.39, 0.29) is 40.7 Å². The average Bonchev–Trinajstić information content (AvgIpc) is 3.36. The van der Waals surface area contributed by atoms with Crippen molar-refractivity contribution >= 4 is 0 Å². The summed E-state index contributed by atoms with van der Waals surface area (Å²) < 4.78 is 8.72. The topological polar surface area (TPSA) is 97.6 Å². The second-order valence-electron chi connectivity index (χ2n) is 12.7. The molecule has 2 N–H and O–H groups in total. The van der Waals surface area contributed by atoms with Gasteiger partial charge in [-0.3, -0.25) is 9.13 Å². The van der Waals surface area contributed by atoms with Gasteiger partial charge in [0.2, 0.25) is 0 Å². The third kappa shape index (κ3) is 3.31. The van der Waals surface area contributed by atoms with Crippen LogP contribution in [0.2, 0.25) is 0 Å². The molecule has 7 nitrogen and oxygen atoms in total.